The van der Waals surface area contributed by atoms with E-state index in [0.717, 1.165) is 19.4 Å². The second-order valence-corrected chi connectivity index (χ2v) is 7.27. The molecule has 1 heterocycles. The lowest BCUT2D eigenvalue weighted by atomic mass is 9.84. The standard InChI is InChI=1S/C21H23F3N2O3/c1-13(21(22,23)24)18-17(27)10-11-25-19(18)26(20(28)15-4-3-5-15)12-14-6-8-16(29-2)9-7-14/h6-11,13,15H,3-5,12H2,1-2H3,(H,25,27). The highest BCUT2D eigenvalue weighted by molar-refractivity contribution is 5.95. The van der Waals surface area contributed by atoms with Crippen molar-refractivity contribution in [1.29, 1.82) is 0 Å². The number of anilines is 1. The molecule has 1 saturated carbocycles. The van der Waals surface area contributed by atoms with Crippen LogP contribution in [0.2, 0.25) is 0 Å². The fraction of sp³-hybridized carbons (Fsp3) is 0.429. The number of aromatic nitrogens is 1. The van der Waals surface area contributed by atoms with Gasteiger partial charge >= 0.3 is 6.18 Å². The summed E-state index contributed by atoms with van der Waals surface area (Å²) in [4.78, 5) is 29.5. The minimum atomic E-state index is -4.60. The summed E-state index contributed by atoms with van der Waals surface area (Å²) in [6.45, 7) is 0.990. The van der Waals surface area contributed by atoms with Crippen LogP contribution in [0.15, 0.2) is 41.3 Å². The lowest BCUT2D eigenvalue weighted by Crippen LogP contribution is -2.41. The zero-order valence-corrected chi connectivity index (χ0v) is 16.3. The molecule has 1 aliphatic rings. The summed E-state index contributed by atoms with van der Waals surface area (Å²) >= 11 is 0. The van der Waals surface area contributed by atoms with Crippen LogP contribution in [0.4, 0.5) is 19.0 Å². The van der Waals surface area contributed by atoms with Crippen molar-refractivity contribution in [2.75, 3.05) is 12.0 Å². The highest BCUT2D eigenvalue weighted by atomic mass is 19.4. The summed E-state index contributed by atoms with van der Waals surface area (Å²) in [5.41, 5.74) is -0.473. The van der Waals surface area contributed by atoms with Crippen LogP contribution in [0.1, 0.15) is 43.2 Å². The number of carbonyl (C=O) groups is 1. The molecule has 1 aromatic heterocycles. The van der Waals surface area contributed by atoms with E-state index in [1.807, 2.05) is 0 Å². The van der Waals surface area contributed by atoms with Crippen LogP contribution in [0.3, 0.4) is 0 Å². The van der Waals surface area contributed by atoms with E-state index in [4.69, 9.17) is 4.74 Å². The Hall–Kier alpha value is -2.77. The van der Waals surface area contributed by atoms with Crippen molar-refractivity contribution in [3.63, 3.8) is 0 Å². The maximum absolute atomic E-state index is 13.4. The number of carbonyl (C=O) groups excluding carboxylic acids is 1. The summed E-state index contributed by atoms with van der Waals surface area (Å²) < 4.78 is 45.4. The average Bonchev–Trinajstić information content (AvgIpc) is 2.63. The van der Waals surface area contributed by atoms with Crippen molar-refractivity contribution in [3.05, 3.63) is 57.9 Å². The molecule has 0 bridgehead atoms. The van der Waals surface area contributed by atoms with Gasteiger partial charge in [-0.2, -0.15) is 13.2 Å². The minimum absolute atomic E-state index is 0.0524. The van der Waals surface area contributed by atoms with Gasteiger partial charge in [0.05, 0.1) is 25.1 Å². The molecule has 1 amide bonds. The van der Waals surface area contributed by atoms with Crippen molar-refractivity contribution in [2.24, 2.45) is 5.92 Å². The van der Waals surface area contributed by atoms with Crippen molar-refractivity contribution in [1.82, 2.24) is 4.98 Å². The van der Waals surface area contributed by atoms with E-state index in [0.29, 0.717) is 24.2 Å². The fourth-order valence-corrected chi connectivity index (χ4v) is 3.34. The van der Waals surface area contributed by atoms with E-state index in [1.54, 1.807) is 24.3 Å². The van der Waals surface area contributed by atoms with Gasteiger partial charge in [-0.15, -0.1) is 0 Å². The number of rotatable bonds is 6. The molecule has 1 aromatic carbocycles. The van der Waals surface area contributed by atoms with Crippen LogP contribution in [0, 0.1) is 5.92 Å². The number of halogens is 3. The molecule has 5 nitrogen and oxygen atoms in total. The van der Waals surface area contributed by atoms with Gasteiger partial charge in [0.15, 0.2) is 5.43 Å². The molecular weight excluding hydrogens is 385 g/mol. The lowest BCUT2D eigenvalue weighted by molar-refractivity contribution is -0.146. The highest BCUT2D eigenvalue weighted by Gasteiger charge is 2.42. The zero-order valence-electron chi connectivity index (χ0n) is 16.3. The predicted molar refractivity (Wildman–Crippen MR) is 103 cm³/mol. The molecule has 0 saturated heterocycles. The van der Waals surface area contributed by atoms with Gasteiger partial charge in [0, 0.05) is 18.2 Å². The maximum Gasteiger partial charge on any atom is 0.395 e. The molecule has 0 aliphatic heterocycles. The van der Waals surface area contributed by atoms with E-state index in [2.05, 4.69) is 4.98 Å². The number of nitrogens with one attached hydrogen (secondary N) is 1. The number of methoxy groups -OCH3 is 1. The van der Waals surface area contributed by atoms with Crippen molar-refractivity contribution >= 4 is 11.7 Å². The molecule has 1 fully saturated rings. The number of alkyl halides is 3. The second kappa shape index (κ2) is 8.31. The first-order valence-electron chi connectivity index (χ1n) is 9.45. The first-order chi connectivity index (χ1) is 13.7. The Labute approximate surface area is 166 Å². The summed E-state index contributed by atoms with van der Waals surface area (Å²) in [6, 6.07) is 7.98. The van der Waals surface area contributed by atoms with Crippen molar-refractivity contribution < 1.29 is 22.7 Å². The predicted octanol–water partition coefficient (Wildman–Crippen LogP) is 4.38. The molecule has 2 aromatic rings. The number of benzene rings is 1. The molecule has 156 valence electrons. The van der Waals surface area contributed by atoms with Crippen LogP contribution in [0.25, 0.3) is 0 Å². The molecule has 1 atom stereocenters. The van der Waals surface area contributed by atoms with Gasteiger partial charge in [-0.3, -0.25) is 14.5 Å². The molecule has 1 N–H and O–H groups in total. The van der Waals surface area contributed by atoms with Gasteiger partial charge in [0.25, 0.3) is 0 Å². The Morgan fingerprint density at radius 2 is 1.90 bits per heavy atom. The number of H-pyrrole nitrogens is 1. The number of hydrogen-bond acceptors (Lipinski definition) is 3. The van der Waals surface area contributed by atoms with Gasteiger partial charge in [-0.05, 0) is 37.5 Å². The number of aromatic amines is 1. The zero-order chi connectivity index (χ0) is 21.2. The molecule has 1 unspecified atom stereocenters. The number of hydrogen-bond donors (Lipinski definition) is 1. The Morgan fingerprint density at radius 3 is 2.41 bits per heavy atom. The maximum atomic E-state index is 13.4. The van der Waals surface area contributed by atoms with Crippen LogP contribution >= 0.6 is 0 Å². The molecule has 3 rings (SSSR count). The summed E-state index contributed by atoms with van der Waals surface area (Å²) in [5, 5.41) is 0. The summed E-state index contributed by atoms with van der Waals surface area (Å²) in [6.07, 6.45) is -1.03. The second-order valence-electron chi connectivity index (χ2n) is 7.27. The van der Waals surface area contributed by atoms with Crippen LogP contribution in [-0.2, 0) is 11.3 Å². The molecule has 8 heteroatoms. The highest BCUT2D eigenvalue weighted by Crippen LogP contribution is 2.38. The van der Waals surface area contributed by atoms with E-state index >= 15 is 0 Å². The summed E-state index contributed by atoms with van der Waals surface area (Å²) in [5.74, 6) is -1.98. The van der Waals surface area contributed by atoms with Crippen molar-refractivity contribution in [3.8, 4) is 5.75 Å². The fourth-order valence-electron chi connectivity index (χ4n) is 3.34. The van der Waals surface area contributed by atoms with Crippen LogP contribution in [0.5, 0.6) is 5.75 Å². The minimum Gasteiger partial charge on any atom is -0.497 e. The van der Waals surface area contributed by atoms with Gasteiger partial charge < -0.3 is 9.72 Å². The Bertz CT molecular complexity index is 918. The number of nitrogens with zero attached hydrogens (tertiary/aromatic N) is 1. The molecular formula is C21H23F3N2O3. The smallest absolute Gasteiger partial charge is 0.395 e. The SMILES string of the molecule is COc1ccc(CN(C(=O)C2CCC2)c2[nH]ccc(=O)c2C(C)C(F)(F)F)cc1. The topological polar surface area (TPSA) is 62.4 Å². The quantitative estimate of drug-likeness (QED) is 0.772. The molecule has 1 aliphatic carbocycles. The Morgan fingerprint density at radius 1 is 1.24 bits per heavy atom. The van der Waals surface area contributed by atoms with Crippen LogP contribution in [-0.4, -0.2) is 24.2 Å². The first kappa shape index (κ1) is 21.0. The van der Waals surface area contributed by atoms with E-state index in [1.165, 1.54) is 18.2 Å². The molecule has 29 heavy (non-hydrogen) atoms. The van der Waals surface area contributed by atoms with E-state index in [-0.39, 0.29) is 24.2 Å². The Kier molecular flexibility index (Phi) is 6.00. The van der Waals surface area contributed by atoms with Crippen LogP contribution < -0.4 is 15.1 Å². The van der Waals surface area contributed by atoms with Gasteiger partial charge in [-0.25, -0.2) is 0 Å². The number of pyridine rings is 1. The van der Waals surface area contributed by atoms with E-state index in [9.17, 15) is 22.8 Å². The third-order valence-electron chi connectivity index (χ3n) is 5.39. The molecule has 0 radical (unpaired) electrons. The van der Waals surface area contributed by atoms with Gasteiger partial charge in [-0.1, -0.05) is 18.6 Å². The number of ether oxygens (including phenoxy) is 1. The average molecular weight is 408 g/mol. The monoisotopic (exact) mass is 408 g/mol. The Balaban J connectivity index is 2.05. The number of amides is 1. The first-order valence-corrected chi connectivity index (χ1v) is 9.45. The van der Waals surface area contributed by atoms with Crippen molar-refractivity contribution in [2.45, 2.75) is 44.8 Å². The largest absolute Gasteiger partial charge is 0.497 e. The van der Waals surface area contributed by atoms with E-state index < -0.39 is 23.1 Å². The van der Waals surface area contributed by atoms with Gasteiger partial charge in [0.2, 0.25) is 5.91 Å². The third kappa shape index (κ3) is 4.46. The lowest BCUT2D eigenvalue weighted by Gasteiger charge is -2.33. The van der Waals surface area contributed by atoms with Gasteiger partial charge in [0.1, 0.15) is 11.6 Å². The summed E-state index contributed by atoms with van der Waals surface area (Å²) in [7, 11) is 1.53. The third-order valence-corrected chi connectivity index (χ3v) is 5.39. The molecule has 0 spiro atoms. The normalized spacial score (nSPS) is 15.5.